The number of benzene rings is 2. The van der Waals surface area contributed by atoms with Gasteiger partial charge >= 0.3 is 12.1 Å². The van der Waals surface area contributed by atoms with Gasteiger partial charge in [-0.3, -0.25) is 9.59 Å². The summed E-state index contributed by atoms with van der Waals surface area (Å²) in [5.74, 6) is -1.72. The van der Waals surface area contributed by atoms with Gasteiger partial charge in [0, 0.05) is 17.4 Å². The molecule has 1 atom stereocenters. The van der Waals surface area contributed by atoms with Crippen LogP contribution in [0.15, 0.2) is 52.9 Å². The second kappa shape index (κ2) is 9.12. The fourth-order valence-electron chi connectivity index (χ4n) is 4.23. The van der Waals surface area contributed by atoms with E-state index in [9.17, 15) is 18.6 Å². The Bertz CT molecular complexity index is 1130. The average molecular weight is 457 g/mol. The van der Waals surface area contributed by atoms with Gasteiger partial charge in [-0.15, -0.1) is 0 Å². The summed E-state index contributed by atoms with van der Waals surface area (Å²) < 4.78 is 21.7. The maximum absolute atomic E-state index is 12.5. The number of nitrogens with zero attached hydrogens (tertiary/aromatic N) is 1. The first-order chi connectivity index (χ1) is 15.4. The van der Waals surface area contributed by atoms with Crippen molar-refractivity contribution in [1.29, 1.82) is 0 Å². The van der Waals surface area contributed by atoms with Crippen molar-refractivity contribution >= 4 is 27.7 Å². The molecule has 1 saturated heterocycles. The zero-order chi connectivity index (χ0) is 22.7. The standard InChI is InChI=1S/C23H24N2O6S/c26-21(27)13-20(22(28)25-32(30)11-5-6-12-32)24-23(29)31-14-19-17-9-3-1-7-15(17)16-8-2-4-10-18(16)19/h1-4,7-10,19-20H,5-6,11-14H2,(H,24,29)(H,26,27). The third-order valence-electron chi connectivity index (χ3n) is 5.75. The van der Waals surface area contributed by atoms with E-state index < -0.39 is 40.2 Å². The predicted molar refractivity (Wildman–Crippen MR) is 119 cm³/mol. The predicted octanol–water partition coefficient (Wildman–Crippen LogP) is 3.16. The summed E-state index contributed by atoms with van der Waals surface area (Å²) in [7, 11) is -2.67. The van der Waals surface area contributed by atoms with E-state index in [1.807, 2.05) is 48.5 Å². The van der Waals surface area contributed by atoms with Crippen LogP contribution in [-0.4, -0.2) is 51.4 Å². The quantitative estimate of drug-likeness (QED) is 0.689. The first kappa shape index (κ1) is 22.0. The molecule has 2 N–H and O–H groups in total. The molecule has 1 aliphatic carbocycles. The minimum atomic E-state index is -2.67. The summed E-state index contributed by atoms with van der Waals surface area (Å²) in [6.45, 7) is 0.0295. The van der Waals surface area contributed by atoms with E-state index in [0.717, 1.165) is 22.3 Å². The summed E-state index contributed by atoms with van der Waals surface area (Å²) in [5, 5.41) is 11.4. The van der Waals surface area contributed by atoms with Gasteiger partial charge < -0.3 is 15.2 Å². The van der Waals surface area contributed by atoms with E-state index in [1.54, 1.807) is 0 Å². The Balaban J connectivity index is 1.46. The number of carboxylic acids is 1. The van der Waals surface area contributed by atoms with Crippen LogP contribution in [0.25, 0.3) is 11.1 Å². The Morgan fingerprint density at radius 2 is 1.59 bits per heavy atom. The average Bonchev–Trinajstić information content (AvgIpc) is 3.33. The smallest absolute Gasteiger partial charge is 0.407 e. The summed E-state index contributed by atoms with van der Waals surface area (Å²) >= 11 is 0. The van der Waals surface area contributed by atoms with Crippen molar-refractivity contribution in [2.75, 3.05) is 18.1 Å². The SMILES string of the molecule is O=C(O)CC(NC(=O)OCC1c2ccccc2-c2ccccc21)C(=O)N=S1(=O)CCCC1. The molecule has 168 valence electrons. The number of rotatable bonds is 6. The van der Waals surface area contributed by atoms with Crippen LogP contribution in [0.5, 0.6) is 0 Å². The molecule has 8 nitrogen and oxygen atoms in total. The van der Waals surface area contributed by atoms with Crippen LogP contribution in [0.1, 0.15) is 36.3 Å². The molecule has 4 rings (SSSR count). The number of carbonyl (C=O) groups excluding carboxylic acids is 2. The van der Waals surface area contributed by atoms with Gasteiger partial charge in [0.05, 0.1) is 16.1 Å². The minimum Gasteiger partial charge on any atom is -0.481 e. The number of hydrogen-bond acceptors (Lipinski definition) is 5. The molecule has 0 aromatic heterocycles. The van der Waals surface area contributed by atoms with Crippen molar-refractivity contribution in [3.05, 3.63) is 59.7 Å². The van der Waals surface area contributed by atoms with Gasteiger partial charge in [0.1, 0.15) is 12.6 Å². The first-order valence-electron chi connectivity index (χ1n) is 10.5. The number of nitrogens with one attached hydrogen (secondary N) is 1. The van der Waals surface area contributed by atoms with Crippen LogP contribution in [0.2, 0.25) is 0 Å². The molecule has 1 unspecified atom stereocenters. The van der Waals surface area contributed by atoms with Gasteiger partial charge in [-0.05, 0) is 35.1 Å². The Hall–Kier alpha value is -3.20. The van der Waals surface area contributed by atoms with Crippen molar-refractivity contribution in [2.24, 2.45) is 4.36 Å². The van der Waals surface area contributed by atoms with E-state index in [-0.39, 0.29) is 12.5 Å². The molecule has 9 heteroatoms. The number of carboxylic acid groups (broad SMARTS) is 1. The van der Waals surface area contributed by atoms with E-state index in [2.05, 4.69) is 9.68 Å². The van der Waals surface area contributed by atoms with Crippen LogP contribution < -0.4 is 5.32 Å². The Morgan fingerprint density at radius 3 is 2.16 bits per heavy atom. The van der Waals surface area contributed by atoms with Crippen molar-refractivity contribution in [3.8, 4) is 11.1 Å². The summed E-state index contributed by atoms with van der Waals surface area (Å²) in [6, 6.07) is 14.3. The van der Waals surface area contributed by atoms with E-state index in [0.29, 0.717) is 24.3 Å². The summed E-state index contributed by atoms with van der Waals surface area (Å²) in [6.07, 6.45) is -0.164. The maximum atomic E-state index is 12.5. The summed E-state index contributed by atoms with van der Waals surface area (Å²) in [4.78, 5) is 36.1. The van der Waals surface area contributed by atoms with E-state index in [4.69, 9.17) is 9.84 Å². The van der Waals surface area contributed by atoms with Gasteiger partial charge in [0.2, 0.25) is 0 Å². The number of ether oxygens (including phenoxy) is 1. The number of amides is 2. The zero-order valence-electron chi connectivity index (χ0n) is 17.4. The monoisotopic (exact) mass is 456 g/mol. The molecule has 0 spiro atoms. The molecular formula is C23H24N2O6S. The lowest BCUT2D eigenvalue weighted by atomic mass is 9.98. The molecule has 1 fully saturated rings. The fraction of sp³-hybridized carbons (Fsp3) is 0.348. The van der Waals surface area contributed by atoms with E-state index >= 15 is 0 Å². The van der Waals surface area contributed by atoms with Crippen LogP contribution in [0, 0.1) is 0 Å². The fourth-order valence-corrected chi connectivity index (χ4v) is 6.39. The molecule has 1 aliphatic heterocycles. The van der Waals surface area contributed by atoms with Crippen LogP contribution in [-0.2, 0) is 24.1 Å². The third kappa shape index (κ3) is 4.67. The second-order valence-electron chi connectivity index (χ2n) is 7.94. The topological polar surface area (TPSA) is 122 Å². The largest absolute Gasteiger partial charge is 0.481 e. The van der Waals surface area contributed by atoms with Crippen molar-refractivity contribution in [2.45, 2.75) is 31.2 Å². The molecule has 2 aromatic rings. The van der Waals surface area contributed by atoms with Crippen molar-refractivity contribution < 1.29 is 28.4 Å². The molecule has 32 heavy (non-hydrogen) atoms. The lowest BCUT2D eigenvalue weighted by Gasteiger charge is -2.17. The van der Waals surface area contributed by atoms with Crippen LogP contribution in [0.4, 0.5) is 4.79 Å². The lowest BCUT2D eigenvalue weighted by molar-refractivity contribution is -0.139. The van der Waals surface area contributed by atoms with Crippen LogP contribution >= 0.6 is 0 Å². The number of aliphatic carboxylic acids is 1. The molecule has 2 amide bonds. The van der Waals surface area contributed by atoms with Gasteiger partial charge in [-0.25, -0.2) is 9.00 Å². The van der Waals surface area contributed by atoms with Gasteiger partial charge in [0.15, 0.2) is 0 Å². The zero-order valence-corrected chi connectivity index (χ0v) is 18.2. The second-order valence-corrected chi connectivity index (χ2v) is 10.5. The lowest BCUT2D eigenvalue weighted by Crippen LogP contribution is -2.42. The molecule has 0 bridgehead atoms. The third-order valence-corrected chi connectivity index (χ3v) is 8.11. The Morgan fingerprint density at radius 1 is 1.03 bits per heavy atom. The van der Waals surface area contributed by atoms with Crippen molar-refractivity contribution in [3.63, 3.8) is 0 Å². The van der Waals surface area contributed by atoms with E-state index in [1.165, 1.54) is 0 Å². The van der Waals surface area contributed by atoms with Gasteiger partial charge in [-0.2, -0.15) is 4.36 Å². The Kier molecular flexibility index (Phi) is 6.27. The highest BCUT2D eigenvalue weighted by Gasteiger charge is 2.31. The molecule has 1 heterocycles. The van der Waals surface area contributed by atoms with Gasteiger partial charge in [-0.1, -0.05) is 48.5 Å². The maximum Gasteiger partial charge on any atom is 0.407 e. The molecule has 0 radical (unpaired) electrons. The van der Waals surface area contributed by atoms with Crippen LogP contribution in [0.3, 0.4) is 0 Å². The highest BCUT2D eigenvalue weighted by Crippen LogP contribution is 2.44. The summed E-state index contributed by atoms with van der Waals surface area (Å²) in [5.41, 5.74) is 4.23. The number of hydrogen-bond donors (Lipinski definition) is 2. The molecular weight excluding hydrogens is 432 g/mol. The normalized spacial score (nSPS) is 17.1. The van der Waals surface area contributed by atoms with Gasteiger partial charge in [0.25, 0.3) is 5.91 Å². The minimum absolute atomic E-state index is 0.0295. The first-order valence-corrected chi connectivity index (χ1v) is 12.3. The highest BCUT2D eigenvalue weighted by molar-refractivity contribution is 7.94. The number of alkyl carbamates (subject to hydrolysis) is 1. The van der Waals surface area contributed by atoms with Crippen molar-refractivity contribution in [1.82, 2.24) is 5.32 Å². The molecule has 2 aliphatic rings. The number of fused-ring (bicyclic) bond motifs is 3. The Labute approximate surface area is 186 Å². The molecule has 2 aromatic carbocycles. The number of carbonyl (C=O) groups is 3. The molecule has 0 saturated carbocycles. The highest BCUT2D eigenvalue weighted by atomic mass is 32.2.